The predicted molar refractivity (Wildman–Crippen MR) is 103 cm³/mol. The fourth-order valence-corrected chi connectivity index (χ4v) is 4.65. The molecule has 136 valence electrons. The Bertz CT molecular complexity index is 1040. The lowest BCUT2D eigenvalue weighted by Gasteiger charge is -2.09. The number of carbonyl (C=O) groups excluding carboxylic acids is 1. The van der Waals surface area contributed by atoms with Gasteiger partial charge in [0, 0.05) is 35.9 Å². The summed E-state index contributed by atoms with van der Waals surface area (Å²) in [7, 11) is -1.68. The molecule has 2 aromatic carbocycles. The first kappa shape index (κ1) is 18.0. The van der Waals surface area contributed by atoms with Gasteiger partial charge in [-0.05, 0) is 25.1 Å². The minimum Gasteiger partial charge on any atom is -0.347 e. The van der Waals surface area contributed by atoms with Crippen LogP contribution in [0.25, 0.3) is 10.9 Å². The van der Waals surface area contributed by atoms with Gasteiger partial charge in [-0.3, -0.25) is 0 Å². The maximum absolute atomic E-state index is 12.8. The van der Waals surface area contributed by atoms with Gasteiger partial charge in [-0.2, -0.15) is 0 Å². The Morgan fingerprint density at radius 2 is 1.69 bits per heavy atom. The summed E-state index contributed by atoms with van der Waals surface area (Å²) in [5.74, 6) is -0.163. The Morgan fingerprint density at radius 3 is 2.42 bits per heavy atom. The smallest absolute Gasteiger partial charge is 0.319 e. The van der Waals surface area contributed by atoms with Gasteiger partial charge < -0.3 is 15.2 Å². The first-order valence-corrected chi connectivity index (χ1v) is 9.92. The van der Waals surface area contributed by atoms with Gasteiger partial charge >= 0.3 is 6.03 Å². The third-order valence-electron chi connectivity index (χ3n) is 4.34. The summed E-state index contributed by atoms with van der Waals surface area (Å²) in [4.78, 5) is 12.2. The summed E-state index contributed by atoms with van der Waals surface area (Å²) in [6, 6.07) is 16.0. The molecule has 1 heterocycles. The van der Waals surface area contributed by atoms with Crippen molar-refractivity contribution in [1.82, 2.24) is 9.88 Å². The van der Waals surface area contributed by atoms with Crippen molar-refractivity contribution in [3.63, 3.8) is 0 Å². The van der Waals surface area contributed by atoms with Crippen LogP contribution in [0.2, 0.25) is 0 Å². The number of sulfone groups is 1. The second kappa shape index (κ2) is 7.21. The molecule has 6 nitrogen and oxygen atoms in total. The molecular weight excluding hydrogens is 350 g/mol. The first-order valence-electron chi connectivity index (χ1n) is 8.27. The molecule has 0 aliphatic carbocycles. The molecule has 0 aliphatic heterocycles. The molecule has 7 heteroatoms. The van der Waals surface area contributed by atoms with Crippen LogP contribution in [-0.4, -0.2) is 31.3 Å². The lowest BCUT2D eigenvalue weighted by molar-refractivity contribution is 0.252. The number of hydrogen-bond donors (Lipinski definition) is 2. The van der Waals surface area contributed by atoms with Gasteiger partial charge in [0.25, 0.3) is 0 Å². The molecule has 3 aromatic rings. The second-order valence-electron chi connectivity index (χ2n) is 6.06. The highest BCUT2D eigenvalue weighted by molar-refractivity contribution is 7.91. The van der Waals surface area contributed by atoms with Gasteiger partial charge in [-0.1, -0.05) is 36.4 Å². The Morgan fingerprint density at radius 1 is 1.04 bits per heavy atom. The number of nitrogens with one attached hydrogen (secondary N) is 2. The summed E-state index contributed by atoms with van der Waals surface area (Å²) in [6.07, 6.45) is 0. The molecular formula is C19H21N3O3S. The van der Waals surface area contributed by atoms with Gasteiger partial charge in [-0.15, -0.1) is 0 Å². The van der Waals surface area contributed by atoms with Crippen LogP contribution >= 0.6 is 0 Å². The van der Waals surface area contributed by atoms with E-state index in [0.717, 1.165) is 5.52 Å². The average molecular weight is 371 g/mol. The Labute approximate surface area is 152 Å². The lowest BCUT2D eigenvalue weighted by atomic mass is 10.2. The highest BCUT2D eigenvalue weighted by Crippen LogP contribution is 2.29. The van der Waals surface area contributed by atoms with Crippen LogP contribution in [0.3, 0.4) is 0 Å². The number of hydrogen-bond acceptors (Lipinski definition) is 3. The van der Waals surface area contributed by atoms with Crippen molar-refractivity contribution in [3.8, 4) is 0 Å². The molecule has 0 radical (unpaired) electrons. The predicted octanol–water partition coefficient (Wildman–Crippen LogP) is 3.08. The Hall–Kier alpha value is -2.80. The SMILES string of the molecule is Cc1c(S(=O)(=O)CCNC(=O)Nc2ccccc2)c2ccccc2n1C. The highest BCUT2D eigenvalue weighted by atomic mass is 32.2. The van der Waals surface area contributed by atoms with Crippen molar-refractivity contribution in [3.05, 3.63) is 60.3 Å². The average Bonchev–Trinajstić information content (AvgIpc) is 2.87. The number of aryl methyl sites for hydroxylation is 1. The van der Waals surface area contributed by atoms with Crippen LogP contribution < -0.4 is 10.6 Å². The fourth-order valence-electron chi connectivity index (χ4n) is 2.98. The number of aromatic nitrogens is 1. The second-order valence-corrected chi connectivity index (χ2v) is 8.10. The van der Waals surface area contributed by atoms with Gasteiger partial charge in [0.05, 0.1) is 10.6 Å². The maximum Gasteiger partial charge on any atom is 0.319 e. The minimum atomic E-state index is -3.53. The van der Waals surface area contributed by atoms with E-state index in [1.165, 1.54) is 0 Å². The lowest BCUT2D eigenvalue weighted by Crippen LogP contribution is -2.32. The number of rotatable bonds is 5. The van der Waals surface area contributed by atoms with Gasteiger partial charge in [0.2, 0.25) is 0 Å². The van der Waals surface area contributed by atoms with Crippen LogP contribution in [0, 0.1) is 6.92 Å². The van der Waals surface area contributed by atoms with E-state index in [9.17, 15) is 13.2 Å². The molecule has 0 saturated carbocycles. The number of amides is 2. The van der Waals surface area contributed by atoms with E-state index in [1.807, 2.05) is 54.1 Å². The summed E-state index contributed by atoms with van der Waals surface area (Å²) in [6.45, 7) is 1.83. The van der Waals surface area contributed by atoms with Crippen molar-refractivity contribution in [2.24, 2.45) is 7.05 Å². The molecule has 3 rings (SSSR count). The minimum absolute atomic E-state index is 0.0314. The highest BCUT2D eigenvalue weighted by Gasteiger charge is 2.23. The van der Waals surface area contributed by atoms with Crippen LogP contribution in [0.4, 0.5) is 10.5 Å². The zero-order valence-corrected chi connectivity index (χ0v) is 15.5. The maximum atomic E-state index is 12.8. The topological polar surface area (TPSA) is 80.2 Å². The van der Waals surface area contributed by atoms with Gasteiger partial charge in [0.15, 0.2) is 9.84 Å². The van der Waals surface area contributed by atoms with E-state index < -0.39 is 15.9 Å². The Balaban J connectivity index is 1.70. The van der Waals surface area contributed by atoms with E-state index >= 15 is 0 Å². The number of anilines is 1. The molecule has 0 saturated heterocycles. The van der Waals surface area contributed by atoms with E-state index in [-0.39, 0.29) is 12.3 Å². The monoisotopic (exact) mass is 371 g/mol. The molecule has 0 atom stereocenters. The largest absolute Gasteiger partial charge is 0.347 e. The van der Waals surface area contributed by atoms with Crippen LogP contribution in [-0.2, 0) is 16.9 Å². The van der Waals surface area contributed by atoms with E-state index in [4.69, 9.17) is 0 Å². The molecule has 26 heavy (non-hydrogen) atoms. The van der Waals surface area contributed by atoms with E-state index in [2.05, 4.69) is 10.6 Å². The molecule has 2 N–H and O–H groups in total. The molecule has 0 spiro atoms. The summed E-state index contributed by atoms with van der Waals surface area (Å²) in [5.41, 5.74) is 2.22. The molecule has 0 fully saturated rings. The van der Waals surface area contributed by atoms with Crippen molar-refractivity contribution in [2.75, 3.05) is 17.6 Å². The third kappa shape index (κ3) is 3.57. The Kier molecular flexibility index (Phi) is 4.99. The normalized spacial score (nSPS) is 11.5. The first-order chi connectivity index (χ1) is 12.4. The van der Waals surface area contributed by atoms with Crippen molar-refractivity contribution in [2.45, 2.75) is 11.8 Å². The van der Waals surface area contributed by atoms with E-state index in [1.54, 1.807) is 19.1 Å². The van der Waals surface area contributed by atoms with Crippen LogP contribution in [0.1, 0.15) is 5.69 Å². The van der Waals surface area contributed by atoms with Crippen LogP contribution in [0.5, 0.6) is 0 Å². The molecule has 1 aromatic heterocycles. The summed E-state index contributed by atoms with van der Waals surface area (Å²) in [5, 5.41) is 5.97. The van der Waals surface area contributed by atoms with Crippen LogP contribution in [0.15, 0.2) is 59.5 Å². The van der Waals surface area contributed by atoms with Gasteiger partial charge in [-0.25, -0.2) is 13.2 Å². The number of urea groups is 1. The molecule has 0 aliphatic rings. The summed E-state index contributed by atoms with van der Waals surface area (Å²) >= 11 is 0. The summed E-state index contributed by atoms with van der Waals surface area (Å²) < 4.78 is 27.5. The van der Waals surface area contributed by atoms with Crippen molar-refractivity contribution < 1.29 is 13.2 Å². The molecule has 0 bridgehead atoms. The van der Waals surface area contributed by atoms with E-state index in [0.29, 0.717) is 21.7 Å². The molecule has 0 unspecified atom stereocenters. The van der Waals surface area contributed by atoms with Crippen molar-refractivity contribution >= 4 is 32.5 Å². The quantitative estimate of drug-likeness (QED) is 0.723. The number of carbonyl (C=O) groups is 1. The number of benzene rings is 2. The number of nitrogens with zero attached hydrogens (tertiary/aromatic N) is 1. The zero-order valence-electron chi connectivity index (χ0n) is 14.7. The van der Waals surface area contributed by atoms with Gasteiger partial charge in [0.1, 0.15) is 0 Å². The number of fused-ring (bicyclic) bond motifs is 1. The third-order valence-corrected chi connectivity index (χ3v) is 6.22. The number of para-hydroxylation sites is 2. The zero-order chi connectivity index (χ0) is 18.7. The van der Waals surface area contributed by atoms with Crippen molar-refractivity contribution in [1.29, 1.82) is 0 Å². The standard InChI is InChI=1S/C19H21N3O3S/c1-14-18(16-10-6-7-11-17(16)22(14)2)26(24,25)13-12-20-19(23)21-15-8-4-3-5-9-15/h3-11H,12-13H2,1-2H3,(H2,20,21,23). The fraction of sp³-hybridized carbons (Fsp3) is 0.211. The molecule has 2 amide bonds.